The van der Waals surface area contributed by atoms with E-state index >= 15 is 0 Å². The number of hydrogen-bond acceptors (Lipinski definition) is 3. The maximum Gasteiger partial charge on any atom is 0.206 e. The van der Waals surface area contributed by atoms with E-state index in [2.05, 4.69) is 10.2 Å². The van der Waals surface area contributed by atoms with Crippen LogP contribution in [-0.2, 0) is 0 Å². The molecule has 0 aliphatic rings. The Kier molecular flexibility index (Phi) is 1.55. The Bertz CT molecular complexity index is 468. The van der Waals surface area contributed by atoms with Gasteiger partial charge in [0.15, 0.2) is 0 Å². The molecule has 0 aliphatic carbocycles. The molecule has 3 heteroatoms. The molecule has 2 aromatic rings. The lowest BCUT2D eigenvalue weighted by Crippen LogP contribution is -1.94. The lowest BCUT2D eigenvalue weighted by Gasteiger charge is -1.85. The Morgan fingerprint density at radius 1 is 1.00 bits per heavy atom. The molecule has 2 rings (SSSR count). The largest absolute Gasteiger partial charge is 0.287 e. The van der Waals surface area contributed by atoms with Crippen LogP contribution in [0.15, 0.2) is 41.5 Å². The topological polar surface area (TPSA) is 42.9 Å². The molecule has 0 N–H and O–H groups in total. The van der Waals surface area contributed by atoms with E-state index in [9.17, 15) is 4.79 Å². The molecular formula is C9H6N2O. The van der Waals surface area contributed by atoms with Crippen molar-refractivity contribution < 1.29 is 0 Å². The summed E-state index contributed by atoms with van der Waals surface area (Å²) in [6.07, 6.45) is 2.80. The number of nitrogens with zero attached hydrogens (tertiary/aromatic N) is 2. The van der Waals surface area contributed by atoms with Gasteiger partial charge in [0, 0.05) is 10.8 Å². The van der Waals surface area contributed by atoms with Gasteiger partial charge in [0.25, 0.3) is 0 Å². The molecule has 0 unspecified atom stereocenters. The van der Waals surface area contributed by atoms with Gasteiger partial charge in [0.05, 0.1) is 12.4 Å². The van der Waals surface area contributed by atoms with Gasteiger partial charge in [-0.25, -0.2) is 0 Å². The van der Waals surface area contributed by atoms with Gasteiger partial charge >= 0.3 is 0 Å². The summed E-state index contributed by atoms with van der Waals surface area (Å²) in [4.78, 5) is 11.3. The monoisotopic (exact) mass is 158 g/mol. The highest BCUT2D eigenvalue weighted by atomic mass is 16.1. The van der Waals surface area contributed by atoms with Crippen molar-refractivity contribution in [2.75, 3.05) is 0 Å². The van der Waals surface area contributed by atoms with Gasteiger partial charge < -0.3 is 0 Å². The summed E-state index contributed by atoms with van der Waals surface area (Å²) in [6, 6.07) is 7.29. The minimum absolute atomic E-state index is 0.0944. The fourth-order valence-corrected chi connectivity index (χ4v) is 1.08. The molecule has 1 aromatic heterocycles. The van der Waals surface area contributed by atoms with Crippen LogP contribution in [0.3, 0.4) is 0 Å². The fourth-order valence-electron chi connectivity index (χ4n) is 1.08. The van der Waals surface area contributed by atoms with Crippen LogP contribution in [0.5, 0.6) is 0 Å². The van der Waals surface area contributed by atoms with Gasteiger partial charge in [0.1, 0.15) is 0 Å². The minimum Gasteiger partial charge on any atom is -0.287 e. The van der Waals surface area contributed by atoms with Crippen LogP contribution < -0.4 is 5.43 Å². The van der Waals surface area contributed by atoms with E-state index in [-0.39, 0.29) is 5.43 Å². The normalized spacial score (nSPS) is 10.0. The quantitative estimate of drug-likeness (QED) is 0.574. The third-order valence-electron chi connectivity index (χ3n) is 1.66. The first-order valence-corrected chi connectivity index (χ1v) is 3.58. The van der Waals surface area contributed by atoms with E-state index < -0.39 is 0 Å². The molecule has 58 valence electrons. The second-order valence-electron chi connectivity index (χ2n) is 2.44. The van der Waals surface area contributed by atoms with Crippen LogP contribution in [0.4, 0.5) is 0 Å². The molecule has 12 heavy (non-hydrogen) atoms. The van der Waals surface area contributed by atoms with Crippen LogP contribution in [0.25, 0.3) is 10.8 Å². The summed E-state index contributed by atoms with van der Waals surface area (Å²) in [6.45, 7) is 0. The van der Waals surface area contributed by atoms with Crippen LogP contribution in [-0.4, -0.2) is 10.2 Å². The van der Waals surface area contributed by atoms with E-state index in [1.807, 2.05) is 18.2 Å². The number of hydrogen-bond donors (Lipinski definition) is 0. The van der Waals surface area contributed by atoms with Crippen LogP contribution in [0.2, 0.25) is 0 Å². The van der Waals surface area contributed by atoms with Gasteiger partial charge in [-0.05, 0) is 0 Å². The van der Waals surface area contributed by atoms with Gasteiger partial charge in [-0.15, -0.1) is 0 Å². The van der Waals surface area contributed by atoms with E-state index in [0.29, 0.717) is 5.39 Å². The van der Waals surface area contributed by atoms with Gasteiger partial charge in [-0.3, -0.25) is 4.79 Å². The van der Waals surface area contributed by atoms with Crippen molar-refractivity contribution >= 4 is 10.8 Å². The molecule has 0 bridgehead atoms. The van der Waals surface area contributed by atoms with Crippen molar-refractivity contribution in [3.63, 3.8) is 0 Å². The highest BCUT2D eigenvalue weighted by Crippen LogP contribution is 2.04. The molecule has 0 saturated carbocycles. The van der Waals surface area contributed by atoms with E-state index in [4.69, 9.17) is 0 Å². The Hall–Kier alpha value is -1.77. The predicted octanol–water partition coefficient (Wildman–Crippen LogP) is 0.990. The minimum atomic E-state index is -0.0944. The fraction of sp³-hybridized carbons (Fsp3) is 0. The smallest absolute Gasteiger partial charge is 0.206 e. The zero-order chi connectivity index (χ0) is 8.39. The number of benzene rings is 1. The maximum absolute atomic E-state index is 11.3. The number of rotatable bonds is 0. The van der Waals surface area contributed by atoms with Crippen LogP contribution in [0.1, 0.15) is 0 Å². The molecule has 0 amide bonds. The van der Waals surface area contributed by atoms with Crippen molar-refractivity contribution in [1.82, 2.24) is 10.2 Å². The molecule has 0 aliphatic heterocycles. The second-order valence-corrected chi connectivity index (χ2v) is 2.44. The van der Waals surface area contributed by atoms with Crippen molar-refractivity contribution in [3.8, 4) is 0 Å². The molecule has 0 atom stereocenters. The highest BCUT2D eigenvalue weighted by molar-refractivity contribution is 5.80. The average Bonchev–Trinajstić information content (AvgIpc) is 2.29. The van der Waals surface area contributed by atoms with E-state index in [1.54, 1.807) is 12.3 Å². The van der Waals surface area contributed by atoms with Crippen molar-refractivity contribution in [1.29, 1.82) is 0 Å². The first-order valence-electron chi connectivity index (χ1n) is 3.58. The van der Waals surface area contributed by atoms with Crippen molar-refractivity contribution in [2.45, 2.75) is 0 Å². The SMILES string of the molecule is O=c1cnncc2ccccc12. The predicted molar refractivity (Wildman–Crippen MR) is 45.8 cm³/mol. The summed E-state index contributed by atoms with van der Waals surface area (Å²) in [5.41, 5.74) is -0.0944. The van der Waals surface area contributed by atoms with Gasteiger partial charge in [0.2, 0.25) is 5.43 Å². The third-order valence-corrected chi connectivity index (χ3v) is 1.66. The molecule has 3 nitrogen and oxygen atoms in total. The highest BCUT2D eigenvalue weighted by Gasteiger charge is 1.92. The molecule has 0 fully saturated rings. The number of aromatic nitrogens is 2. The first kappa shape index (κ1) is 6.91. The first-order chi connectivity index (χ1) is 5.88. The summed E-state index contributed by atoms with van der Waals surface area (Å²) in [5.74, 6) is 0. The molecule has 1 aromatic carbocycles. The standard InChI is InChI=1S/C9H6N2O/c12-9-6-11-10-5-7-3-1-2-4-8(7)9/h1-6H. The second kappa shape index (κ2) is 2.70. The Balaban J connectivity index is 3.06. The third kappa shape index (κ3) is 1.05. The average molecular weight is 158 g/mol. The Labute approximate surface area is 68.7 Å². The molecule has 1 heterocycles. The van der Waals surface area contributed by atoms with Crippen molar-refractivity contribution in [3.05, 3.63) is 46.9 Å². The summed E-state index contributed by atoms with van der Waals surface area (Å²) >= 11 is 0. The molecular weight excluding hydrogens is 152 g/mol. The van der Waals surface area contributed by atoms with Crippen molar-refractivity contribution in [2.24, 2.45) is 0 Å². The number of fused-ring (bicyclic) bond motifs is 1. The Morgan fingerprint density at radius 2 is 1.75 bits per heavy atom. The van der Waals surface area contributed by atoms with Crippen LogP contribution in [0, 0.1) is 0 Å². The summed E-state index contributed by atoms with van der Waals surface area (Å²) < 4.78 is 0. The van der Waals surface area contributed by atoms with Crippen LogP contribution >= 0.6 is 0 Å². The lowest BCUT2D eigenvalue weighted by atomic mass is 10.2. The van der Waals surface area contributed by atoms with E-state index in [1.165, 1.54) is 6.20 Å². The summed E-state index contributed by atoms with van der Waals surface area (Å²) in [7, 11) is 0. The summed E-state index contributed by atoms with van der Waals surface area (Å²) in [5, 5.41) is 8.72. The zero-order valence-corrected chi connectivity index (χ0v) is 6.27. The van der Waals surface area contributed by atoms with Gasteiger partial charge in [-0.1, -0.05) is 24.3 Å². The molecule has 0 spiro atoms. The Morgan fingerprint density at radius 3 is 2.67 bits per heavy atom. The van der Waals surface area contributed by atoms with Gasteiger partial charge in [-0.2, -0.15) is 10.2 Å². The zero-order valence-electron chi connectivity index (χ0n) is 6.27. The van der Waals surface area contributed by atoms with E-state index in [0.717, 1.165) is 5.39 Å². The molecule has 0 radical (unpaired) electrons. The maximum atomic E-state index is 11.3. The lowest BCUT2D eigenvalue weighted by molar-refractivity contribution is 1.05. The molecule has 0 saturated heterocycles.